The fourth-order valence-electron chi connectivity index (χ4n) is 0.226. The monoisotopic (exact) mass is 97.1 g/mol. The molecule has 0 aromatic heterocycles. The lowest BCUT2D eigenvalue weighted by molar-refractivity contribution is 1.07. The smallest absolute Gasteiger partial charge is 0.00419 e. The Morgan fingerprint density at radius 3 is 2.43 bits per heavy atom. The lowest BCUT2D eigenvalue weighted by Gasteiger charge is -1.91. The van der Waals surface area contributed by atoms with Crippen molar-refractivity contribution in [3.8, 4) is 0 Å². The molecule has 0 heterocycles. The number of hydrogen-bond donors (Lipinski definition) is 1. The number of hydrogen-bond acceptors (Lipinski definition) is 1. The minimum Gasteiger partial charge on any atom is -0.366 e. The van der Waals surface area contributed by atoms with Gasteiger partial charge in [-0.25, -0.2) is 0 Å². The highest BCUT2D eigenvalue weighted by atomic mass is 14.8. The minimum absolute atomic E-state index is 0.970. The van der Waals surface area contributed by atoms with Crippen molar-refractivity contribution >= 4 is 0 Å². The van der Waals surface area contributed by atoms with Gasteiger partial charge in [0, 0.05) is 5.70 Å². The predicted octanol–water partition coefficient (Wildman–Crippen LogP) is 1.64. The Labute approximate surface area is 44.7 Å². The van der Waals surface area contributed by atoms with E-state index in [-0.39, 0.29) is 0 Å². The van der Waals surface area contributed by atoms with Crippen LogP contribution in [-0.4, -0.2) is 0 Å². The van der Waals surface area contributed by atoms with Gasteiger partial charge in [-0.05, 0) is 20.0 Å². The maximum atomic E-state index is 3.63. The maximum absolute atomic E-state index is 3.63. The van der Waals surface area contributed by atoms with Gasteiger partial charge in [0.2, 0.25) is 0 Å². The molecule has 0 fully saturated rings. The third-order valence-electron chi connectivity index (χ3n) is 0.496. The molecular weight excluding hydrogens is 86.1 g/mol. The molecule has 0 radical (unpaired) electrons. The van der Waals surface area contributed by atoms with Crippen LogP contribution in [0, 0.1) is 0 Å². The molecule has 0 bridgehead atoms. The van der Waals surface area contributed by atoms with Crippen molar-refractivity contribution < 1.29 is 0 Å². The predicted molar refractivity (Wildman–Crippen MR) is 32.8 cm³/mol. The van der Waals surface area contributed by atoms with Gasteiger partial charge in [-0.2, -0.15) is 0 Å². The Kier molecular flexibility index (Phi) is 3.11. The van der Waals surface area contributed by atoms with Gasteiger partial charge in [0.05, 0.1) is 0 Å². The lowest BCUT2D eigenvalue weighted by Crippen LogP contribution is -1.97. The van der Waals surface area contributed by atoms with Crippen molar-refractivity contribution in [3.63, 3.8) is 0 Å². The van der Waals surface area contributed by atoms with Gasteiger partial charge in [0.15, 0.2) is 0 Å². The van der Waals surface area contributed by atoms with E-state index in [0.717, 1.165) is 5.70 Å². The zero-order valence-electron chi connectivity index (χ0n) is 4.86. The second kappa shape index (κ2) is 3.47. The number of allylic oxidation sites excluding steroid dienone is 2. The molecule has 0 aromatic rings. The summed E-state index contributed by atoms with van der Waals surface area (Å²) in [7, 11) is 0. The summed E-state index contributed by atoms with van der Waals surface area (Å²) in [4.78, 5) is 0. The fraction of sp³-hybridized carbons (Fsp3) is 0.333. The molecule has 7 heavy (non-hydrogen) atoms. The van der Waals surface area contributed by atoms with Crippen LogP contribution >= 0.6 is 0 Å². The first-order valence-corrected chi connectivity index (χ1v) is 2.30. The van der Waals surface area contributed by atoms with Crippen LogP contribution in [0.25, 0.3) is 0 Å². The summed E-state index contributed by atoms with van der Waals surface area (Å²) in [5, 5.41) is 2.92. The van der Waals surface area contributed by atoms with Crippen molar-refractivity contribution in [2.75, 3.05) is 0 Å². The second-order valence-electron chi connectivity index (χ2n) is 1.42. The van der Waals surface area contributed by atoms with Crippen LogP contribution in [0.2, 0.25) is 0 Å². The van der Waals surface area contributed by atoms with Gasteiger partial charge < -0.3 is 5.32 Å². The van der Waals surface area contributed by atoms with Crippen molar-refractivity contribution in [2.45, 2.75) is 13.8 Å². The maximum Gasteiger partial charge on any atom is 0.00419 e. The zero-order valence-corrected chi connectivity index (χ0v) is 4.86. The van der Waals surface area contributed by atoms with Crippen molar-refractivity contribution in [2.24, 2.45) is 0 Å². The third-order valence-corrected chi connectivity index (χ3v) is 0.496. The molecule has 0 saturated carbocycles. The first-order chi connectivity index (χ1) is 3.27. The normalized spacial score (nSPS) is 9.43. The van der Waals surface area contributed by atoms with E-state index < -0.39 is 0 Å². The largest absolute Gasteiger partial charge is 0.366 e. The van der Waals surface area contributed by atoms with Crippen LogP contribution in [0.4, 0.5) is 0 Å². The van der Waals surface area contributed by atoms with E-state index in [0.29, 0.717) is 0 Å². The first-order valence-electron chi connectivity index (χ1n) is 2.30. The van der Waals surface area contributed by atoms with Gasteiger partial charge in [0.1, 0.15) is 0 Å². The molecule has 0 aliphatic carbocycles. The molecule has 0 spiro atoms. The minimum atomic E-state index is 0.970. The van der Waals surface area contributed by atoms with Crippen molar-refractivity contribution in [1.29, 1.82) is 0 Å². The molecular formula is C6H11N. The molecule has 0 atom stereocenters. The van der Waals surface area contributed by atoms with Crippen LogP contribution in [0.15, 0.2) is 24.6 Å². The average Bonchev–Trinajstić information content (AvgIpc) is 1.61. The van der Waals surface area contributed by atoms with E-state index >= 15 is 0 Å². The molecule has 0 aromatic carbocycles. The van der Waals surface area contributed by atoms with Crippen molar-refractivity contribution in [1.82, 2.24) is 5.32 Å². The van der Waals surface area contributed by atoms with Crippen molar-refractivity contribution in [3.05, 3.63) is 24.6 Å². The molecule has 0 amide bonds. The van der Waals surface area contributed by atoms with Crippen LogP contribution in [0.1, 0.15) is 13.8 Å². The molecule has 0 unspecified atom stereocenters. The Bertz CT molecular complexity index is 82.2. The van der Waals surface area contributed by atoms with Crippen LogP contribution < -0.4 is 5.32 Å². The van der Waals surface area contributed by atoms with Gasteiger partial charge in [-0.15, -0.1) is 0 Å². The molecule has 0 aliphatic rings. The summed E-state index contributed by atoms with van der Waals surface area (Å²) >= 11 is 0. The highest BCUT2D eigenvalue weighted by molar-refractivity contribution is 4.91. The van der Waals surface area contributed by atoms with Gasteiger partial charge in [-0.1, -0.05) is 12.7 Å². The lowest BCUT2D eigenvalue weighted by atomic mass is 10.5. The van der Waals surface area contributed by atoms with Gasteiger partial charge in [-0.3, -0.25) is 0 Å². The molecule has 40 valence electrons. The van der Waals surface area contributed by atoms with E-state index in [2.05, 4.69) is 11.9 Å². The van der Waals surface area contributed by atoms with E-state index in [9.17, 15) is 0 Å². The number of nitrogens with one attached hydrogen (secondary N) is 1. The Morgan fingerprint density at radius 1 is 1.71 bits per heavy atom. The van der Waals surface area contributed by atoms with E-state index in [1.54, 1.807) is 0 Å². The summed E-state index contributed by atoms with van der Waals surface area (Å²) < 4.78 is 0. The Hall–Kier alpha value is -0.720. The van der Waals surface area contributed by atoms with Crippen LogP contribution in [0.3, 0.4) is 0 Å². The average molecular weight is 97.2 g/mol. The van der Waals surface area contributed by atoms with E-state index in [4.69, 9.17) is 0 Å². The van der Waals surface area contributed by atoms with Crippen LogP contribution in [-0.2, 0) is 0 Å². The topological polar surface area (TPSA) is 12.0 Å². The van der Waals surface area contributed by atoms with E-state index in [1.807, 2.05) is 26.1 Å². The fourth-order valence-corrected chi connectivity index (χ4v) is 0.226. The first kappa shape index (κ1) is 6.28. The van der Waals surface area contributed by atoms with Gasteiger partial charge in [0.25, 0.3) is 0 Å². The molecule has 1 heteroatoms. The highest BCUT2D eigenvalue weighted by Crippen LogP contribution is 1.75. The molecule has 0 rings (SSSR count). The third kappa shape index (κ3) is 5.28. The molecule has 0 saturated heterocycles. The van der Waals surface area contributed by atoms with E-state index in [1.165, 1.54) is 0 Å². The van der Waals surface area contributed by atoms with Gasteiger partial charge >= 0.3 is 0 Å². The summed E-state index contributed by atoms with van der Waals surface area (Å²) in [5.41, 5.74) is 0.970. The Balaban J connectivity index is 3.14. The standard InChI is InChI=1S/C6H11N/c1-4-5-7-6(2)3/h4-5,7H,2H2,1,3H3/b5-4-. The summed E-state index contributed by atoms with van der Waals surface area (Å²) in [5.74, 6) is 0. The summed E-state index contributed by atoms with van der Waals surface area (Å²) in [6, 6.07) is 0. The summed E-state index contributed by atoms with van der Waals surface area (Å²) in [6.45, 7) is 7.50. The van der Waals surface area contributed by atoms with Crippen LogP contribution in [0.5, 0.6) is 0 Å². The Morgan fingerprint density at radius 2 is 2.29 bits per heavy atom. The number of rotatable bonds is 2. The molecule has 1 nitrogen and oxygen atoms in total. The SMILES string of the molecule is C=C(C)N/C=C\C. The quantitative estimate of drug-likeness (QED) is 0.552. The highest BCUT2D eigenvalue weighted by Gasteiger charge is 1.68. The molecule has 0 aliphatic heterocycles. The summed E-state index contributed by atoms with van der Waals surface area (Å²) in [6.07, 6.45) is 3.77. The zero-order chi connectivity index (χ0) is 5.70. The molecule has 1 N–H and O–H groups in total. The second-order valence-corrected chi connectivity index (χ2v) is 1.42.